The molecule has 1 saturated heterocycles. The molecule has 5 heteroatoms. The summed E-state index contributed by atoms with van der Waals surface area (Å²) in [6.45, 7) is 13.1. The predicted molar refractivity (Wildman–Crippen MR) is 132 cm³/mol. The van der Waals surface area contributed by atoms with Gasteiger partial charge in [0.05, 0.1) is 12.4 Å². The van der Waals surface area contributed by atoms with Crippen LogP contribution in [0.2, 0.25) is 0 Å². The number of halogens is 1. The second kappa shape index (κ2) is 11.1. The van der Waals surface area contributed by atoms with Crippen molar-refractivity contribution in [1.82, 2.24) is 15.5 Å². The SMILES string of the molecule is C=C(NCc1ccc(OCC(C)C)cc1)N(Cc1ccc(F)cc1)C1[C@@H]2CCC[C@H]1CNC2. The molecule has 2 aromatic rings. The zero-order valence-electron chi connectivity index (χ0n) is 20.0. The van der Waals surface area contributed by atoms with E-state index in [-0.39, 0.29) is 5.82 Å². The lowest BCUT2D eigenvalue weighted by molar-refractivity contribution is 0.0444. The molecule has 0 amide bonds. The van der Waals surface area contributed by atoms with Crippen molar-refractivity contribution in [1.29, 1.82) is 0 Å². The summed E-state index contributed by atoms with van der Waals surface area (Å²) in [6.07, 6.45) is 3.81. The lowest BCUT2D eigenvalue weighted by atomic mass is 9.73. The summed E-state index contributed by atoms with van der Waals surface area (Å²) in [5.41, 5.74) is 2.31. The van der Waals surface area contributed by atoms with Crippen molar-refractivity contribution in [3.05, 3.63) is 77.9 Å². The monoisotopic (exact) mass is 451 g/mol. The Morgan fingerprint density at radius 2 is 1.70 bits per heavy atom. The molecule has 2 aliphatic rings. The molecule has 2 aromatic carbocycles. The number of benzene rings is 2. The van der Waals surface area contributed by atoms with Crippen molar-refractivity contribution in [3.63, 3.8) is 0 Å². The number of fused-ring (bicyclic) bond motifs is 2. The topological polar surface area (TPSA) is 36.5 Å². The van der Waals surface area contributed by atoms with Crippen LogP contribution in [0.5, 0.6) is 5.75 Å². The maximum atomic E-state index is 13.5. The summed E-state index contributed by atoms with van der Waals surface area (Å²) in [5.74, 6) is 3.41. The molecule has 1 heterocycles. The summed E-state index contributed by atoms with van der Waals surface area (Å²) in [4.78, 5) is 2.45. The van der Waals surface area contributed by atoms with Gasteiger partial charge in [0.25, 0.3) is 0 Å². The van der Waals surface area contributed by atoms with Gasteiger partial charge >= 0.3 is 0 Å². The molecule has 1 saturated carbocycles. The van der Waals surface area contributed by atoms with Crippen LogP contribution in [0.15, 0.2) is 60.9 Å². The Morgan fingerprint density at radius 1 is 1.06 bits per heavy atom. The second-order valence-electron chi connectivity index (χ2n) is 10.0. The summed E-state index contributed by atoms with van der Waals surface area (Å²) >= 11 is 0. The van der Waals surface area contributed by atoms with Crippen molar-refractivity contribution in [2.45, 2.75) is 52.2 Å². The first kappa shape index (κ1) is 23.6. The molecule has 4 nitrogen and oxygen atoms in total. The molecule has 1 aliphatic heterocycles. The van der Waals surface area contributed by atoms with E-state index >= 15 is 0 Å². The summed E-state index contributed by atoms with van der Waals surface area (Å²) in [5, 5.41) is 7.21. The third-order valence-corrected chi connectivity index (χ3v) is 6.90. The number of nitrogens with one attached hydrogen (secondary N) is 2. The van der Waals surface area contributed by atoms with E-state index < -0.39 is 0 Å². The maximum Gasteiger partial charge on any atom is 0.123 e. The Balaban J connectivity index is 1.44. The minimum atomic E-state index is -0.193. The maximum absolute atomic E-state index is 13.5. The van der Waals surface area contributed by atoms with Gasteiger partial charge < -0.3 is 20.3 Å². The average molecular weight is 452 g/mol. The van der Waals surface area contributed by atoms with Crippen LogP contribution in [0, 0.1) is 23.6 Å². The lowest BCUT2D eigenvalue weighted by Gasteiger charge is -2.50. The van der Waals surface area contributed by atoms with E-state index in [1.165, 1.54) is 24.8 Å². The highest BCUT2D eigenvalue weighted by Gasteiger charge is 2.40. The van der Waals surface area contributed by atoms with Crippen LogP contribution in [0.1, 0.15) is 44.2 Å². The standard InChI is InChI=1S/C28H38FN3O/c1-20(2)19-33-27-13-9-22(10-14-27)15-31-21(3)32(18-23-7-11-26(29)12-8-23)28-24-5-4-6-25(28)17-30-16-24/h7-14,20,24-25,28,30-31H,3-6,15-19H2,1-2H3/t24-,25+,28?. The molecule has 1 unspecified atom stereocenters. The Kier molecular flexibility index (Phi) is 7.92. The molecule has 2 fully saturated rings. The van der Waals surface area contributed by atoms with E-state index in [1.54, 1.807) is 12.1 Å². The van der Waals surface area contributed by atoms with Crippen molar-refractivity contribution in [2.24, 2.45) is 17.8 Å². The molecule has 0 radical (unpaired) electrons. The highest BCUT2D eigenvalue weighted by atomic mass is 19.1. The molecule has 3 atom stereocenters. The Bertz CT molecular complexity index is 874. The number of piperidine rings is 1. The van der Waals surface area contributed by atoms with Gasteiger partial charge in [-0.05, 0) is 79.1 Å². The fourth-order valence-corrected chi connectivity index (χ4v) is 5.22. The quantitative estimate of drug-likeness (QED) is 0.513. The summed E-state index contributed by atoms with van der Waals surface area (Å²) < 4.78 is 19.3. The van der Waals surface area contributed by atoms with Gasteiger partial charge in [-0.15, -0.1) is 0 Å². The van der Waals surface area contributed by atoms with Gasteiger partial charge in [0, 0.05) is 19.1 Å². The third-order valence-electron chi connectivity index (χ3n) is 6.90. The van der Waals surface area contributed by atoms with Crippen LogP contribution in [-0.2, 0) is 13.1 Å². The van der Waals surface area contributed by atoms with Crippen LogP contribution in [0.25, 0.3) is 0 Å². The predicted octanol–water partition coefficient (Wildman–Crippen LogP) is 5.31. The zero-order valence-corrected chi connectivity index (χ0v) is 20.0. The van der Waals surface area contributed by atoms with Crippen molar-refractivity contribution >= 4 is 0 Å². The Hall–Kier alpha value is -2.53. The number of nitrogens with zero attached hydrogens (tertiary/aromatic N) is 1. The van der Waals surface area contributed by atoms with Crippen molar-refractivity contribution in [2.75, 3.05) is 19.7 Å². The van der Waals surface area contributed by atoms with E-state index in [2.05, 4.69) is 48.1 Å². The molecule has 4 rings (SSSR count). The van der Waals surface area contributed by atoms with Crippen LogP contribution >= 0.6 is 0 Å². The minimum Gasteiger partial charge on any atom is -0.493 e. The van der Waals surface area contributed by atoms with Gasteiger partial charge in [-0.1, -0.05) is 51.1 Å². The molecule has 0 aromatic heterocycles. The highest BCUT2D eigenvalue weighted by Crippen LogP contribution is 2.37. The molecular formula is C28H38FN3O. The summed E-state index contributed by atoms with van der Waals surface area (Å²) in [7, 11) is 0. The second-order valence-corrected chi connectivity index (χ2v) is 10.0. The van der Waals surface area contributed by atoms with E-state index in [9.17, 15) is 4.39 Å². The van der Waals surface area contributed by atoms with Gasteiger partial charge in [-0.25, -0.2) is 4.39 Å². The first-order chi connectivity index (χ1) is 16.0. The molecule has 178 valence electrons. The fraction of sp³-hybridized carbons (Fsp3) is 0.500. The Morgan fingerprint density at radius 3 is 2.33 bits per heavy atom. The van der Waals surface area contributed by atoms with Gasteiger partial charge in [0.15, 0.2) is 0 Å². The average Bonchev–Trinajstić information content (AvgIpc) is 2.81. The molecule has 2 bridgehead atoms. The normalized spacial score (nSPS) is 22.1. The van der Waals surface area contributed by atoms with Crippen LogP contribution in [0.4, 0.5) is 4.39 Å². The number of rotatable bonds is 10. The molecule has 33 heavy (non-hydrogen) atoms. The van der Waals surface area contributed by atoms with Crippen LogP contribution in [0.3, 0.4) is 0 Å². The van der Waals surface area contributed by atoms with Gasteiger partial charge in [0.1, 0.15) is 11.6 Å². The lowest BCUT2D eigenvalue weighted by Crippen LogP contribution is -2.57. The molecule has 1 aliphatic carbocycles. The first-order valence-corrected chi connectivity index (χ1v) is 12.4. The zero-order chi connectivity index (χ0) is 23.2. The van der Waals surface area contributed by atoms with Crippen LogP contribution < -0.4 is 15.4 Å². The third kappa shape index (κ3) is 6.29. The van der Waals surface area contributed by atoms with E-state index in [1.807, 2.05) is 24.3 Å². The van der Waals surface area contributed by atoms with E-state index in [0.29, 0.717) is 30.3 Å². The largest absolute Gasteiger partial charge is 0.493 e. The smallest absolute Gasteiger partial charge is 0.123 e. The highest BCUT2D eigenvalue weighted by molar-refractivity contribution is 5.27. The molecule has 2 N–H and O–H groups in total. The minimum absolute atomic E-state index is 0.193. The number of hydrogen-bond acceptors (Lipinski definition) is 4. The molecule has 0 spiro atoms. The summed E-state index contributed by atoms with van der Waals surface area (Å²) in [6, 6.07) is 15.6. The van der Waals surface area contributed by atoms with Gasteiger partial charge in [-0.2, -0.15) is 0 Å². The first-order valence-electron chi connectivity index (χ1n) is 12.4. The van der Waals surface area contributed by atoms with Crippen LogP contribution in [-0.4, -0.2) is 30.6 Å². The fourth-order valence-electron chi connectivity index (χ4n) is 5.22. The molecular weight excluding hydrogens is 413 g/mol. The van der Waals surface area contributed by atoms with Crippen molar-refractivity contribution in [3.8, 4) is 5.75 Å². The number of hydrogen-bond donors (Lipinski definition) is 2. The van der Waals surface area contributed by atoms with Gasteiger partial charge in [-0.3, -0.25) is 0 Å². The van der Waals surface area contributed by atoms with E-state index in [4.69, 9.17) is 4.74 Å². The van der Waals surface area contributed by atoms with Gasteiger partial charge in [0.2, 0.25) is 0 Å². The Labute approximate surface area is 198 Å². The number of ether oxygens (including phenoxy) is 1. The van der Waals surface area contributed by atoms with Crippen molar-refractivity contribution < 1.29 is 9.13 Å². The van der Waals surface area contributed by atoms with E-state index in [0.717, 1.165) is 43.4 Å².